The molecule has 0 spiro atoms. The van der Waals surface area contributed by atoms with E-state index in [1.54, 1.807) is 19.1 Å². The molecule has 0 aliphatic heterocycles. The Morgan fingerprint density at radius 2 is 2.11 bits per heavy atom. The van der Waals surface area contributed by atoms with E-state index in [0.29, 0.717) is 15.8 Å². The fraction of sp³-hybridized carbons (Fsp3) is 0.167. The van der Waals surface area contributed by atoms with Crippen LogP contribution in [0.1, 0.15) is 17.4 Å². The summed E-state index contributed by atoms with van der Waals surface area (Å²) in [6.07, 6.45) is 0. The smallest absolute Gasteiger partial charge is 0.359 e. The zero-order valence-electron chi connectivity index (χ0n) is 9.51. The molecule has 0 N–H and O–H groups in total. The van der Waals surface area contributed by atoms with Crippen molar-refractivity contribution in [3.05, 3.63) is 35.0 Å². The fourth-order valence-electron chi connectivity index (χ4n) is 1.36. The molecule has 0 bridgehead atoms. The molecule has 0 saturated heterocycles. The van der Waals surface area contributed by atoms with E-state index in [2.05, 4.69) is 17.6 Å². The van der Waals surface area contributed by atoms with E-state index >= 15 is 0 Å². The SMILES string of the molecule is CCOC(=O)c1nc(-c2ccc(Cl)cc2)sc1S. The van der Waals surface area contributed by atoms with Gasteiger partial charge in [0.05, 0.1) is 10.8 Å². The largest absolute Gasteiger partial charge is 0.461 e. The molecule has 18 heavy (non-hydrogen) atoms. The molecule has 0 radical (unpaired) electrons. The maximum atomic E-state index is 11.6. The predicted octanol–water partition coefficient (Wildman–Crippen LogP) is 3.93. The number of nitrogens with zero attached hydrogens (tertiary/aromatic N) is 1. The maximum absolute atomic E-state index is 11.6. The Balaban J connectivity index is 2.34. The zero-order chi connectivity index (χ0) is 13.1. The van der Waals surface area contributed by atoms with Gasteiger partial charge >= 0.3 is 5.97 Å². The van der Waals surface area contributed by atoms with Gasteiger partial charge in [-0.1, -0.05) is 23.7 Å². The number of thiol groups is 1. The molecular formula is C12H10ClNO2S2. The number of rotatable bonds is 3. The first-order valence-corrected chi connectivity index (χ1v) is 6.89. The van der Waals surface area contributed by atoms with E-state index in [9.17, 15) is 4.79 Å². The van der Waals surface area contributed by atoms with Gasteiger partial charge < -0.3 is 4.74 Å². The summed E-state index contributed by atoms with van der Waals surface area (Å²) in [5.74, 6) is -0.445. The van der Waals surface area contributed by atoms with Gasteiger partial charge in [-0.15, -0.1) is 24.0 Å². The van der Waals surface area contributed by atoms with E-state index in [0.717, 1.165) is 10.6 Å². The number of esters is 1. The third-order valence-corrected chi connectivity index (χ3v) is 3.81. The van der Waals surface area contributed by atoms with E-state index in [1.807, 2.05) is 12.1 Å². The first-order chi connectivity index (χ1) is 8.61. The van der Waals surface area contributed by atoms with Gasteiger partial charge in [-0.25, -0.2) is 9.78 Å². The number of carbonyl (C=O) groups is 1. The Morgan fingerprint density at radius 3 is 2.72 bits per heavy atom. The number of thiazole rings is 1. The van der Waals surface area contributed by atoms with E-state index in [-0.39, 0.29) is 5.69 Å². The fourth-order valence-corrected chi connectivity index (χ4v) is 2.69. The van der Waals surface area contributed by atoms with E-state index < -0.39 is 5.97 Å². The summed E-state index contributed by atoms with van der Waals surface area (Å²) in [5.41, 5.74) is 1.16. The van der Waals surface area contributed by atoms with Crippen LogP contribution in [0.4, 0.5) is 0 Å². The van der Waals surface area contributed by atoms with Gasteiger partial charge in [0, 0.05) is 10.6 Å². The highest BCUT2D eigenvalue weighted by Crippen LogP contribution is 2.31. The summed E-state index contributed by atoms with van der Waals surface area (Å²) < 4.78 is 5.47. The van der Waals surface area contributed by atoms with Crippen LogP contribution in [-0.2, 0) is 4.74 Å². The van der Waals surface area contributed by atoms with Gasteiger partial charge in [0.25, 0.3) is 0 Å². The van der Waals surface area contributed by atoms with Crippen LogP contribution in [0.25, 0.3) is 10.6 Å². The summed E-state index contributed by atoms with van der Waals surface area (Å²) in [6, 6.07) is 7.26. The first-order valence-electron chi connectivity index (χ1n) is 5.24. The number of ether oxygens (including phenoxy) is 1. The van der Waals surface area contributed by atoms with Crippen molar-refractivity contribution in [2.24, 2.45) is 0 Å². The number of hydrogen-bond donors (Lipinski definition) is 1. The summed E-state index contributed by atoms with van der Waals surface area (Å²) in [5, 5.41) is 1.38. The molecule has 0 unspecified atom stereocenters. The highest BCUT2D eigenvalue weighted by atomic mass is 35.5. The Hall–Kier alpha value is -1.04. The number of halogens is 1. The Bertz CT molecular complexity index is 566. The van der Waals surface area contributed by atoms with Crippen LogP contribution in [0.2, 0.25) is 5.02 Å². The van der Waals surface area contributed by atoms with Crippen LogP contribution >= 0.6 is 35.6 Å². The van der Waals surface area contributed by atoms with Crippen molar-refractivity contribution in [3.63, 3.8) is 0 Å². The van der Waals surface area contributed by atoms with Crippen molar-refractivity contribution < 1.29 is 9.53 Å². The van der Waals surface area contributed by atoms with Crippen molar-refractivity contribution in [2.45, 2.75) is 11.1 Å². The summed E-state index contributed by atoms with van der Waals surface area (Å²) in [6.45, 7) is 2.07. The molecule has 2 rings (SSSR count). The number of benzene rings is 1. The highest BCUT2D eigenvalue weighted by molar-refractivity contribution is 7.83. The lowest BCUT2D eigenvalue weighted by Crippen LogP contribution is -2.05. The molecule has 0 aliphatic carbocycles. The normalized spacial score (nSPS) is 10.4. The van der Waals surface area contributed by atoms with Crippen LogP contribution in [-0.4, -0.2) is 17.6 Å². The van der Waals surface area contributed by atoms with Crippen LogP contribution in [0.3, 0.4) is 0 Å². The number of hydrogen-bond acceptors (Lipinski definition) is 5. The van der Waals surface area contributed by atoms with Gasteiger partial charge in [0.2, 0.25) is 0 Å². The van der Waals surface area contributed by atoms with Gasteiger partial charge in [0.1, 0.15) is 5.01 Å². The minimum atomic E-state index is -0.445. The lowest BCUT2D eigenvalue weighted by molar-refractivity contribution is 0.0516. The molecule has 2 aromatic rings. The second-order valence-electron chi connectivity index (χ2n) is 3.40. The minimum absolute atomic E-state index is 0.259. The van der Waals surface area contributed by atoms with E-state index in [1.165, 1.54) is 11.3 Å². The first kappa shape index (κ1) is 13.4. The average molecular weight is 300 g/mol. The molecule has 94 valence electrons. The summed E-state index contributed by atoms with van der Waals surface area (Å²) in [4.78, 5) is 15.9. The molecule has 1 aromatic carbocycles. The minimum Gasteiger partial charge on any atom is -0.461 e. The van der Waals surface area contributed by atoms with Gasteiger partial charge in [-0.05, 0) is 19.1 Å². The lowest BCUT2D eigenvalue weighted by Gasteiger charge is -1.98. The van der Waals surface area contributed by atoms with Crippen molar-refractivity contribution in [1.29, 1.82) is 0 Å². The molecule has 3 nitrogen and oxygen atoms in total. The molecule has 0 saturated carbocycles. The number of carbonyl (C=O) groups excluding carboxylic acids is 1. The second-order valence-corrected chi connectivity index (χ2v) is 5.59. The Morgan fingerprint density at radius 1 is 1.44 bits per heavy atom. The predicted molar refractivity (Wildman–Crippen MR) is 75.8 cm³/mol. The number of aromatic nitrogens is 1. The summed E-state index contributed by atoms with van der Waals surface area (Å²) in [7, 11) is 0. The van der Waals surface area contributed by atoms with Crippen molar-refractivity contribution in [1.82, 2.24) is 4.98 Å². The Labute approximate surface area is 119 Å². The quantitative estimate of drug-likeness (QED) is 0.689. The topological polar surface area (TPSA) is 39.2 Å². The third kappa shape index (κ3) is 2.85. The van der Waals surface area contributed by atoms with E-state index in [4.69, 9.17) is 16.3 Å². The second kappa shape index (κ2) is 5.73. The van der Waals surface area contributed by atoms with Crippen molar-refractivity contribution in [3.8, 4) is 10.6 Å². The van der Waals surface area contributed by atoms with Crippen molar-refractivity contribution in [2.75, 3.05) is 6.61 Å². The van der Waals surface area contributed by atoms with Gasteiger partial charge in [-0.3, -0.25) is 0 Å². The standard InChI is InChI=1S/C12H10ClNO2S2/c1-2-16-11(15)9-12(17)18-10(14-9)7-3-5-8(13)6-4-7/h3-6,17H,2H2,1H3. The van der Waals surface area contributed by atoms with Crippen LogP contribution in [0.15, 0.2) is 28.5 Å². The van der Waals surface area contributed by atoms with Gasteiger partial charge in [0.15, 0.2) is 5.69 Å². The van der Waals surface area contributed by atoms with Crippen LogP contribution in [0.5, 0.6) is 0 Å². The monoisotopic (exact) mass is 299 g/mol. The molecule has 0 atom stereocenters. The van der Waals surface area contributed by atoms with Crippen molar-refractivity contribution >= 4 is 41.5 Å². The highest BCUT2D eigenvalue weighted by Gasteiger charge is 2.17. The average Bonchev–Trinajstić information content (AvgIpc) is 2.72. The molecule has 1 heterocycles. The summed E-state index contributed by atoms with van der Waals surface area (Å²) >= 11 is 11.4. The molecule has 0 aliphatic rings. The Kier molecular flexibility index (Phi) is 4.27. The maximum Gasteiger partial charge on any atom is 0.359 e. The van der Waals surface area contributed by atoms with Crippen LogP contribution < -0.4 is 0 Å². The van der Waals surface area contributed by atoms with Crippen LogP contribution in [0, 0.1) is 0 Å². The molecular weight excluding hydrogens is 290 g/mol. The zero-order valence-corrected chi connectivity index (χ0v) is 12.0. The lowest BCUT2D eigenvalue weighted by atomic mass is 10.2. The third-order valence-electron chi connectivity index (χ3n) is 2.17. The molecule has 0 fully saturated rings. The molecule has 6 heteroatoms. The molecule has 1 aromatic heterocycles. The molecule has 0 amide bonds. The van der Waals surface area contributed by atoms with Gasteiger partial charge in [-0.2, -0.15) is 0 Å².